The van der Waals surface area contributed by atoms with Gasteiger partial charge < -0.3 is 20.3 Å². The maximum absolute atomic E-state index is 13.1. The third-order valence-electron chi connectivity index (χ3n) is 5.44. The van der Waals surface area contributed by atoms with E-state index in [0.29, 0.717) is 43.0 Å². The highest BCUT2D eigenvalue weighted by Gasteiger charge is 2.24. The molecule has 1 atom stereocenters. The number of aryl methyl sites for hydroxylation is 1. The van der Waals surface area contributed by atoms with E-state index < -0.39 is 16.1 Å². The summed E-state index contributed by atoms with van der Waals surface area (Å²) in [6, 6.07) is 7.88. The van der Waals surface area contributed by atoms with Crippen molar-refractivity contribution in [3.05, 3.63) is 44.6 Å². The molecule has 36 heavy (non-hydrogen) atoms. The maximum atomic E-state index is 13.1. The number of amides is 3. The van der Waals surface area contributed by atoms with Gasteiger partial charge in [0, 0.05) is 24.5 Å². The number of unbranched alkanes of at least 4 members (excludes halogenated alkanes) is 1. The van der Waals surface area contributed by atoms with Crippen LogP contribution in [0.25, 0.3) is 0 Å². The molecular weight excluding hydrogens is 572 g/mol. The SMILES string of the molecule is Cc1cc(NC(=O)C(CCCCNS(C)(=O)=O)NC(=O)c2ccc(Br)s2)ccc1N1CCOCC1=O. The first-order chi connectivity index (χ1) is 17.0. The summed E-state index contributed by atoms with van der Waals surface area (Å²) in [4.78, 5) is 40.1. The topological polar surface area (TPSA) is 134 Å². The van der Waals surface area contributed by atoms with E-state index in [1.165, 1.54) is 11.3 Å². The summed E-state index contributed by atoms with van der Waals surface area (Å²) in [5, 5.41) is 5.64. The Morgan fingerprint density at radius 2 is 2.00 bits per heavy atom. The number of carbonyl (C=O) groups excluding carboxylic acids is 3. The minimum Gasteiger partial charge on any atom is -0.370 e. The second-order valence-corrected chi connectivity index (χ2v) is 12.7. The van der Waals surface area contributed by atoms with Gasteiger partial charge >= 0.3 is 0 Å². The van der Waals surface area contributed by atoms with Gasteiger partial charge in [-0.1, -0.05) is 0 Å². The van der Waals surface area contributed by atoms with Crippen LogP contribution >= 0.6 is 27.3 Å². The molecule has 2 heterocycles. The van der Waals surface area contributed by atoms with Gasteiger partial charge in [0.25, 0.3) is 11.8 Å². The molecule has 2 aromatic rings. The van der Waals surface area contributed by atoms with E-state index in [4.69, 9.17) is 4.74 Å². The molecule has 0 radical (unpaired) electrons. The fourth-order valence-electron chi connectivity index (χ4n) is 3.70. The van der Waals surface area contributed by atoms with Gasteiger partial charge in [-0.25, -0.2) is 13.1 Å². The van der Waals surface area contributed by atoms with Crippen LogP contribution in [0.4, 0.5) is 11.4 Å². The molecule has 10 nitrogen and oxygen atoms in total. The lowest BCUT2D eigenvalue weighted by molar-refractivity contribution is -0.125. The summed E-state index contributed by atoms with van der Waals surface area (Å²) >= 11 is 4.59. The number of thiophene rings is 1. The summed E-state index contributed by atoms with van der Waals surface area (Å²) in [6.45, 7) is 3.08. The summed E-state index contributed by atoms with van der Waals surface area (Å²) in [6.07, 6.45) is 2.45. The molecule has 1 aromatic carbocycles. The first kappa shape index (κ1) is 28.3. The van der Waals surface area contributed by atoms with E-state index >= 15 is 0 Å². The molecule has 1 fully saturated rings. The highest BCUT2D eigenvalue weighted by molar-refractivity contribution is 9.11. The van der Waals surface area contributed by atoms with Gasteiger partial charge in [0.2, 0.25) is 15.9 Å². The van der Waals surface area contributed by atoms with E-state index in [2.05, 4.69) is 31.3 Å². The number of benzene rings is 1. The van der Waals surface area contributed by atoms with Crippen LogP contribution in [0.15, 0.2) is 34.1 Å². The van der Waals surface area contributed by atoms with Crippen LogP contribution in [0.1, 0.15) is 34.5 Å². The molecule has 0 spiro atoms. The van der Waals surface area contributed by atoms with E-state index in [9.17, 15) is 22.8 Å². The Morgan fingerprint density at radius 1 is 1.22 bits per heavy atom. The van der Waals surface area contributed by atoms with Crippen LogP contribution in [0.5, 0.6) is 0 Å². The third-order valence-corrected chi connectivity index (χ3v) is 7.79. The van der Waals surface area contributed by atoms with Crippen molar-refractivity contribution in [2.45, 2.75) is 32.2 Å². The highest BCUT2D eigenvalue weighted by atomic mass is 79.9. The van der Waals surface area contributed by atoms with Crippen LogP contribution < -0.4 is 20.3 Å². The monoisotopic (exact) mass is 600 g/mol. The first-order valence-corrected chi connectivity index (χ1v) is 14.8. The average molecular weight is 602 g/mol. The maximum Gasteiger partial charge on any atom is 0.262 e. The van der Waals surface area contributed by atoms with Gasteiger partial charge in [0.15, 0.2) is 0 Å². The molecule has 0 aliphatic carbocycles. The second-order valence-electron chi connectivity index (χ2n) is 8.38. The molecule has 3 rings (SSSR count). The van der Waals surface area contributed by atoms with Crippen molar-refractivity contribution >= 4 is 66.4 Å². The second kappa shape index (κ2) is 12.8. The number of anilines is 2. The van der Waals surface area contributed by atoms with Gasteiger partial charge in [-0.3, -0.25) is 14.4 Å². The van der Waals surface area contributed by atoms with E-state index in [1.807, 2.05) is 6.92 Å². The van der Waals surface area contributed by atoms with Crippen LogP contribution in [0.3, 0.4) is 0 Å². The number of morpholine rings is 1. The Bertz CT molecular complexity index is 1220. The molecule has 3 N–H and O–H groups in total. The summed E-state index contributed by atoms with van der Waals surface area (Å²) in [7, 11) is -3.29. The van der Waals surface area contributed by atoms with Crippen molar-refractivity contribution in [1.29, 1.82) is 0 Å². The Hall–Kier alpha value is -2.32. The Labute approximate surface area is 223 Å². The minimum atomic E-state index is -3.29. The smallest absolute Gasteiger partial charge is 0.262 e. The fraction of sp³-hybridized carbons (Fsp3) is 0.435. The van der Waals surface area contributed by atoms with Crippen molar-refractivity contribution in [3.8, 4) is 0 Å². The molecule has 1 aliphatic heterocycles. The third kappa shape index (κ3) is 8.37. The average Bonchev–Trinajstić information content (AvgIpc) is 3.24. The van der Waals surface area contributed by atoms with E-state index in [0.717, 1.165) is 21.3 Å². The molecule has 1 unspecified atom stereocenters. The molecule has 1 aliphatic rings. The molecule has 3 amide bonds. The van der Waals surface area contributed by atoms with Gasteiger partial charge in [-0.15, -0.1) is 11.3 Å². The normalized spacial score (nSPS) is 15.0. The van der Waals surface area contributed by atoms with Crippen molar-refractivity contribution in [2.24, 2.45) is 0 Å². The quantitative estimate of drug-likeness (QED) is 0.339. The highest BCUT2D eigenvalue weighted by Crippen LogP contribution is 2.25. The number of halogens is 1. The lowest BCUT2D eigenvalue weighted by Crippen LogP contribution is -2.43. The summed E-state index contributed by atoms with van der Waals surface area (Å²) in [5.74, 6) is -0.864. The predicted octanol–water partition coefficient (Wildman–Crippen LogP) is 2.64. The molecule has 1 saturated heterocycles. The molecule has 0 bridgehead atoms. The van der Waals surface area contributed by atoms with Crippen molar-refractivity contribution in [1.82, 2.24) is 10.0 Å². The lowest BCUT2D eigenvalue weighted by Gasteiger charge is -2.28. The number of carbonyl (C=O) groups is 3. The molecular formula is C23H29BrN4O6S2. The van der Waals surface area contributed by atoms with Crippen molar-refractivity contribution < 1.29 is 27.5 Å². The number of rotatable bonds is 11. The largest absolute Gasteiger partial charge is 0.370 e. The van der Waals surface area contributed by atoms with Gasteiger partial charge in [-0.05, 0) is 78.0 Å². The van der Waals surface area contributed by atoms with E-state index in [-0.39, 0.29) is 30.9 Å². The number of ether oxygens (including phenoxy) is 1. The standard InChI is InChI=1S/C23H29BrN4O6S2/c1-15-13-16(6-7-18(15)28-11-12-34-14-21(28)29)26-22(30)17(5-3-4-10-25-36(2,32)33)27-23(31)19-8-9-20(24)35-19/h6-9,13,17,25H,3-5,10-12,14H2,1-2H3,(H,26,30)(H,27,31). The number of hydrogen-bond donors (Lipinski definition) is 3. The molecule has 1 aromatic heterocycles. The zero-order valence-corrected chi connectivity index (χ0v) is 23.2. The molecule has 0 saturated carbocycles. The van der Waals surface area contributed by atoms with Gasteiger partial charge in [-0.2, -0.15) is 0 Å². The predicted molar refractivity (Wildman–Crippen MR) is 143 cm³/mol. The van der Waals surface area contributed by atoms with E-state index in [1.54, 1.807) is 35.2 Å². The summed E-state index contributed by atoms with van der Waals surface area (Å²) in [5.41, 5.74) is 2.12. The number of sulfonamides is 1. The number of nitrogens with zero attached hydrogens (tertiary/aromatic N) is 1. The lowest BCUT2D eigenvalue weighted by atomic mass is 10.1. The van der Waals surface area contributed by atoms with Crippen LogP contribution in [-0.2, 0) is 24.3 Å². The van der Waals surface area contributed by atoms with Crippen LogP contribution in [0.2, 0.25) is 0 Å². The Kier molecular flexibility index (Phi) is 10.0. The minimum absolute atomic E-state index is 0.0415. The number of hydrogen-bond acceptors (Lipinski definition) is 7. The molecule has 196 valence electrons. The zero-order valence-electron chi connectivity index (χ0n) is 20.0. The Morgan fingerprint density at radius 3 is 2.64 bits per heavy atom. The van der Waals surface area contributed by atoms with Gasteiger partial charge in [0.1, 0.15) is 12.6 Å². The first-order valence-electron chi connectivity index (χ1n) is 11.3. The molecule has 13 heteroatoms. The van der Waals surface area contributed by atoms with Crippen molar-refractivity contribution in [3.63, 3.8) is 0 Å². The number of nitrogens with one attached hydrogen (secondary N) is 3. The van der Waals surface area contributed by atoms with Crippen LogP contribution in [-0.4, -0.2) is 64.7 Å². The zero-order chi connectivity index (χ0) is 26.3. The fourth-order valence-corrected chi connectivity index (χ4v) is 5.51. The summed E-state index contributed by atoms with van der Waals surface area (Å²) < 4.78 is 30.9. The Balaban J connectivity index is 1.67. The van der Waals surface area contributed by atoms with Gasteiger partial charge in [0.05, 0.1) is 21.5 Å². The van der Waals surface area contributed by atoms with Crippen molar-refractivity contribution in [2.75, 3.05) is 42.8 Å². The van der Waals surface area contributed by atoms with Crippen LogP contribution in [0, 0.1) is 6.92 Å².